The lowest BCUT2D eigenvalue weighted by molar-refractivity contribution is -0.162. The fourth-order valence-electron chi connectivity index (χ4n) is 1.24. The van der Waals surface area contributed by atoms with Crippen LogP contribution in [0.15, 0.2) is 0 Å². The van der Waals surface area contributed by atoms with Crippen molar-refractivity contribution in [3.63, 3.8) is 0 Å². The molecular weight excluding hydrogens is 212 g/mol. The number of hydrogen-bond donors (Lipinski definition) is 1. The molecule has 1 heterocycles. The van der Waals surface area contributed by atoms with E-state index in [0.29, 0.717) is 19.4 Å². The number of rotatable bonds is 3. The Labute approximate surface area is 82.1 Å². The van der Waals surface area contributed by atoms with Crippen molar-refractivity contribution in [3.05, 3.63) is 0 Å². The molecule has 1 saturated heterocycles. The molecule has 6 nitrogen and oxygen atoms in total. The lowest BCUT2D eigenvalue weighted by Gasteiger charge is -2.30. The Morgan fingerprint density at radius 2 is 2.29 bits per heavy atom. The second-order valence-corrected chi connectivity index (χ2v) is 4.58. The van der Waals surface area contributed by atoms with Crippen LogP contribution in [0, 0.1) is 5.41 Å². The van der Waals surface area contributed by atoms with Crippen LogP contribution in [-0.2, 0) is 24.1 Å². The number of hydrogen-bond acceptors (Lipinski definition) is 5. The van der Waals surface area contributed by atoms with E-state index in [-0.39, 0.29) is 6.61 Å². The van der Waals surface area contributed by atoms with Crippen LogP contribution in [-0.4, -0.2) is 32.2 Å². The predicted octanol–water partition coefficient (Wildman–Crippen LogP) is 0.149. The largest absolute Gasteiger partial charge is 0.465 e. The van der Waals surface area contributed by atoms with E-state index in [9.17, 15) is 13.2 Å². The first-order valence-corrected chi connectivity index (χ1v) is 5.49. The van der Waals surface area contributed by atoms with Gasteiger partial charge in [0.15, 0.2) is 0 Å². The van der Waals surface area contributed by atoms with Crippen molar-refractivity contribution in [2.45, 2.75) is 19.8 Å². The highest BCUT2D eigenvalue weighted by atomic mass is 32.3. The molecule has 82 valence electrons. The molecule has 0 amide bonds. The maximum absolute atomic E-state index is 11.3. The highest BCUT2D eigenvalue weighted by molar-refractivity contribution is 7.80. The Balaban J connectivity index is 2.60. The van der Waals surface area contributed by atoms with Crippen molar-refractivity contribution >= 4 is 16.4 Å². The van der Waals surface area contributed by atoms with Crippen molar-refractivity contribution in [2.75, 3.05) is 13.2 Å². The predicted molar refractivity (Wildman–Crippen MR) is 45.8 cm³/mol. The average molecular weight is 224 g/mol. The van der Waals surface area contributed by atoms with Crippen molar-refractivity contribution in [3.8, 4) is 0 Å². The molecule has 0 bridgehead atoms. The molecule has 0 aliphatic carbocycles. The van der Waals surface area contributed by atoms with Crippen LogP contribution in [0.25, 0.3) is 0 Å². The van der Waals surface area contributed by atoms with Gasteiger partial charge in [-0.2, -0.15) is 8.42 Å². The molecule has 0 aromatic heterocycles. The van der Waals surface area contributed by atoms with E-state index in [1.54, 1.807) is 6.92 Å². The molecule has 0 aromatic carbocycles. The van der Waals surface area contributed by atoms with Crippen molar-refractivity contribution in [2.24, 2.45) is 5.41 Å². The normalized spacial score (nSPS) is 28.6. The van der Waals surface area contributed by atoms with Gasteiger partial charge in [0.1, 0.15) is 0 Å². The van der Waals surface area contributed by atoms with Gasteiger partial charge in [-0.3, -0.25) is 9.35 Å². The summed E-state index contributed by atoms with van der Waals surface area (Å²) >= 11 is 0. The minimum Gasteiger partial charge on any atom is -0.465 e. The first-order chi connectivity index (χ1) is 6.33. The molecule has 1 N–H and O–H groups in total. The van der Waals surface area contributed by atoms with Gasteiger partial charge >= 0.3 is 16.4 Å². The molecular formula is C7H12O6S. The Kier molecular flexibility index (Phi) is 3.13. The van der Waals surface area contributed by atoms with Crippen LogP contribution in [0.1, 0.15) is 19.8 Å². The van der Waals surface area contributed by atoms with E-state index < -0.39 is 21.8 Å². The number of cyclic esters (lactones) is 1. The molecule has 1 aliphatic rings. The molecule has 1 atom stereocenters. The third kappa shape index (κ3) is 2.93. The third-order valence-corrected chi connectivity index (χ3v) is 2.54. The van der Waals surface area contributed by atoms with Crippen LogP contribution >= 0.6 is 0 Å². The second-order valence-electron chi connectivity index (χ2n) is 3.49. The van der Waals surface area contributed by atoms with E-state index >= 15 is 0 Å². The Bertz CT molecular complexity index is 321. The van der Waals surface area contributed by atoms with Gasteiger partial charge in [0.2, 0.25) is 0 Å². The summed E-state index contributed by atoms with van der Waals surface area (Å²) in [5, 5.41) is 0. The van der Waals surface area contributed by atoms with Crippen LogP contribution in [0.2, 0.25) is 0 Å². The topological polar surface area (TPSA) is 89.9 Å². The standard InChI is InChI=1S/C7H12O6S/c1-7(5-13-14(9,10)11)3-2-4-12-6(7)8/h2-5H2,1H3,(H,9,10,11). The summed E-state index contributed by atoms with van der Waals surface area (Å²) in [5.41, 5.74) is -0.978. The van der Waals surface area contributed by atoms with Gasteiger partial charge in [-0.15, -0.1) is 0 Å². The van der Waals surface area contributed by atoms with Crippen molar-refractivity contribution < 1.29 is 26.7 Å². The summed E-state index contributed by atoms with van der Waals surface area (Å²) in [7, 11) is -4.49. The molecule has 0 aromatic rings. The number of carbonyl (C=O) groups excluding carboxylic acids is 1. The molecule has 0 saturated carbocycles. The Morgan fingerprint density at radius 3 is 2.79 bits per heavy atom. The summed E-state index contributed by atoms with van der Waals surface area (Å²) < 4.78 is 37.9. The zero-order chi connectivity index (χ0) is 10.8. The second kappa shape index (κ2) is 3.84. The van der Waals surface area contributed by atoms with Crippen molar-refractivity contribution in [1.82, 2.24) is 0 Å². The monoisotopic (exact) mass is 224 g/mol. The van der Waals surface area contributed by atoms with Crippen molar-refractivity contribution in [1.29, 1.82) is 0 Å². The van der Waals surface area contributed by atoms with E-state index in [4.69, 9.17) is 9.29 Å². The first kappa shape index (κ1) is 11.4. The molecule has 1 unspecified atom stereocenters. The van der Waals surface area contributed by atoms with Gasteiger partial charge in [-0.05, 0) is 19.8 Å². The van der Waals surface area contributed by atoms with Gasteiger partial charge in [0.25, 0.3) is 0 Å². The van der Waals surface area contributed by atoms with E-state index in [1.807, 2.05) is 0 Å². The summed E-state index contributed by atoms with van der Waals surface area (Å²) in [6.07, 6.45) is 1.15. The van der Waals surface area contributed by atoms with Crippen LogP contribution < -0.4 is 0 Å². The minimum absolute atomic E-state index is 0.348. The Morgan fingerprint density at radius 1 is 1.64 bits per heavy atom. The Hall–Kier alpha value is -0.660. The molecule has 7 heteroatoms. The summed E-state index contributed by atoms with van der Waals surface area (Å²) in [6, 6.07) is 0. The molecule has 14 heavy (non-hydrogen) atoms. The maximum Gasteiger partial charge on any atom is 0.397 e. The quantitative estimate of drug-likeness (QED) is 0.542. The lowest BCUT2D eigenvalue weighted by atomic mass is 9.85. The van der Waals surface area contributed by atoms with Crippen LogP contribution in [0.3, 0.4) is 0 Å². The maximum atomic E-state index is 11.3. The van der Waals surface area contributed by atoms with Gasteiger partial charge in [-0.25, -0.2) is 4.18 Å². The smallest absolute Gasteiger partial charge is 0.397 e. The number of ether oxygens (including phenoxy) is 1. The van der Waals surface area contributed by atoms with E-state index in [0.717, 1.165) is 0 Å². The molecule has 1 rings (SSSR count). The lowest BCUT2D eigenvalue weighted by Crippen LogP contribution is -2.39. The van der Waals surface area contributed by atoms with Crippen LogP contribution in [0.5, 0.6) is 0 Å². The minimum atomic E-state index is -4.49. The average Bonchev–Trinajstić information content (AvgIpc) is 2.06. The van der Waals surface area contributed by atoms with E-state index in [2.05, 4.69) is 4.18 Å². The summed E-state index contributed by atoms with van der Waals surface area (Å²) in [4.78, 5) is 11.3. The zero-order valence-corrected chi connectivity index (χ0v) is 8.54. The number of carbonyl (C=O) groups is 1. The van der Waals surface area contributed by atoms with Gasteiger partial charge < -0.3 is 4.74 Å². The van der Waals surface area contributed by atoms with Crippen LogP contribution in [0.4, 0.5) is 0 Å². The van der Waals surface area contributed by atoms with E-state index in [1.165, 1.54) is 0 Å². The van der Waals surface area contributed by atoms with Gasteiger partial charge in [-0.1, -0.05) is 0 Å². The highest BCUT2D eigenvalue weighted by Gasteiger charge is 2.39. The number of esters is 1. The zero-order valence-electron chi connectivity index (χ0n) is 7.73. The first-order valence-electron chi connectivity index (χ1n) is 4.13. The summed E-state index contributed by atoms with van der Waals surface area (Å²) in [6.45, 7) is 1.50. The highest BCUT2D eigenvalue weighted by Crippen LogP contribution is 2.29. The van der Waals surface area contributed by atoms with Gasteiger partial charge in [0.05, 0.1) is 18.6 Å². The molecule has 1 aliphatic heterocycles. The SMILES string of the molecule is CC1(COS(=O)(=O)O)CCCOC1=O. The fraction of sp³-hybridized carbons (Fsp3) is 0.857. The third-order valence-electron chi connectivity index (χ3n) is 2.13. The van der Waals surface area contributed by atoms with Gasteiger partial charge in [0, 0.05) is 0 Å². The fourth-order valence-corrected chi connectivity index (χ4v) is 1.65. The molecule has 1 fully saturated rings. The molecule has 0 radical (unpaired) electrons. The molecule has 0 spiro atoms. The summed E-state index contributed by atoms with van der Waals surface area (Å²) in [5.74, 6) is -0.493.